The van der Waals surface area contributed by atoms with E-state index < -0.39 is 73.5 Å². The predicted octanol–water partition coefficient (Wildman–Crippen LogP) is 2.69. The van der Waals surface area contributed by atoms with Crippen LogP contribution in [0.4, 0.5) is 11.5 Å². The number of nitrogens with one attached hydrogen (secondary N) is 2. The Bertz CT molecular complexity index is 4090. The lowest BCUT2D eigenvalue weighted by molar-refractivity contribution is -0.120. The number of nitrogens with zero attached hydrogens (tertiary/aromatic N) is 5. The van der Waals surface area contributed by atoms with Gasteiger partial charge in [-0.3, -0.25) is 13.9 Å². The molecular weight excluding hydrogens is 1190 g/mol. The number of benzene rings is 3. The van der Waals surface area contributed by atoms with Gasteiger partial charge in [0, 0.05) is 90.2 Å². The average molecular weight is 1250 g/mol. The quantitative estimate of drug-likeness (QED) is 0.0185. The molecule has 32 heteroatoms. The number of aromatic nitrogens is 3. The lowest BCUT2D eigenvalue weighted by Crippen LogP contribution is -2.45. The Morgan fingerprint density at radius 2 is 1.63 bits per heavy atom. The number of phosphoric acid groups is 3. The third-order valence-electron chi connectivity index (χ3n) is 15.4. The number of fused-ring (bicyclic) bond motifs is 5. The number of aliphatic hydroxyl groups is 1. The van der Waals surface area contributed by atoms with Gasteiger partial charge in [0.05, 0.1) is 45.6 Å². The standard InChI is InChI=1S/C51H59N8O19P3S2/c52-50-44-32(27-59(51(44)55-29-54-50)43-26-39(60)40(75-43)28-74-80(65,66)78-81(67,68)77-79(62,63)64)9-4-17-53-42(61)14-2-1-3-18-56-82(69,70)41-25-33(83(71,72)73)15-16-34(41)45-37-23-30-10-5-19-57-21-7-12-35(46(30)57)48(37)76-49-36-13-8-22-58-20-6-11-31(47(36)58)24-38(45)49/h15-16,23-25,27,29,39-40,43,56,60H,1-3,5-8,10-14,17-22,26,28H2,(H7-,52,53,54,55,61,62,63,64,65,66,67,68,71,72,73)/p+1/t39-,40+,43+/m0/s1. The first-order chi connectivity index (χ1) is 39.3. The molecule has 8 heterocycles. The molecule has 3 aromatic carbocycles. The molecule has 5 aromatic rings. The van der Waals surface area contributed by atoms with Crippen LogP contribution in [0.5, 0.6) is 11.5 Å². The summed E-state index contributed by atoms with van der Waals surface area (Å²) in [4.78, 5) is 59.7. The van der Waals surface area contributed by atoms with Gasteiger partial charge in [-0.15, -0.1) is 0 Å². The molecule has 2 unspecified atom stereocenters. The number of rotatable bonds is 19. The van der Waals surface area contributed by atoms with Crippen molar-refractivity contribution in [2.75, 3.05) is 56.5 Å². The van der Waals surface area contributed by atoms with Gasteiger partial charge in [0.15, 0.2) is 0 Å². The van der Waals surface area contributed by atoms with E-state index in [2.05, 4.69) is 66.6 Å². The van der Waals surface area contributed by atoms with E-state index in [0.29, 0.717) is 47.3 Å². The SMILES string of the molecule is Nc1ncnc2c1c(C#CCNC(=O)CCCCCNS(=O)(=O)c1cc(S(=O)(=O)O)ccc1C1=c3cc4c5c(c3Oc3c1cc1c6c3CCCN6CCC1)CCC[N+]=5CCC4)cn2[C@H]1C[C@H](O)[C@@H](COP(=O)(O)OP(=O)(O)OP(=O)(O)O)O1. The van der Waals surface area contributed by atoms with E-state index in [-0.39, 0.29) is 53.8 Å². The molecule has 444 valence electrons. The summed E-state index contributed by atoms with van der Waals surface area (Å²) < 4.78 is 132. The van der Waals surface area contributed by atoms with Gasteiger partial charge >= 0.3 is 23.5 Å². The minimum atomic E-state index is -5.78. The highest BCUT2D eigenvalue weighted by molar-refractivity contribution is 7.89. The molecule has 6 aliphatic heterocycles. The normalized spacial score (nSPS) is 20.7. The molecule has 0 aliphatic carbocycles. The lowest BCUT2D eigenvalue weighted by atomic mass is 9.82. The third kappa shape index (κ3) is 12.5. The molecule has 0 radical (unpaired) electrons. The number of nitrogens with two attached hydrogens (primary N) is 1. The van der Waals surface area contributed by atoms with E-state index in [1.54, 1.807) is 0 Å². The second-order valence-corrected chi connectivity index (χ2v) is 28.6. The number of aliphatic hydroxyl groups excluding tert-OH is 1. The molecule has 27 nitrogen and oxygen atoms in total. The van der Waals surface area contributed by atoms with Gasteiger partial charge in [-0.1, -0.05) is 24.3 Å². The number of amides is 1. The summed E-state index contributed by atoms with van der Waals surface area (Å²) in [6.07, 6.45) is 7.08. The van der Waals surface area contributed by atoms with Crippen molar-refractivity contribution >= 4 is 77.6 Å². The van der Waals surface area contributed by atoms with Crippen LogP contribution >= 0.6 is 23.5 Å². The Morgan fingerprint density at radius 1 is 0.880 bits per heavy atom. The minimum absolute atomic E-state index is 0.0337. The summed E-state index contributed by atoms with van der Waals surface area (Å²) >= 11 is 0. The number of hydrogen-bond acceptors (Lipinski definition) is 18. The van der Waals surface area contributed by atoms with Gasteiger partial charge < -0.3 is 54.7 Å². The van der Waals surface area contributed by atoms with Crippen molar-refractivity contribution in [1.82, 2.24) is 29.1 Å². The second kappa shape index (κ2) is 23.1. The maximum Gasteiger partial charge on any atom is 0.490 e. The van der Waals surface area contributed by atoms with Crippen LogP contribution in [0.15, 0.2) is 52.6 Å². The average Bonchev–Trinajstić information content (AvgIpc) is 1.51. The fourth-order valence-electron chi connectivity index (χ4n) is 12.1. The molecule has 1 amide bonds. The first-order valence-corrected chi connectivity index (χ1v) is 34.3. The number of unbranched alkanes of at least 4 members (excludes halogenated alkanes) is 2. The zero-order valence-electron chi connectivity index (χ0n) is 44.4. The van der Waals surface area contributed by atoms with Crippen LogP contribution in [0.25, 0.3) is 16.6 Å². The predicted molar refractivity (Wildman–Crippen MR) is 296 cm³/mol. The van der Waals surface area contributed by atoms with Crippen LogP contribution in [0.2, 0.25) is 0 Å². The molecule has 0 spiro atoms. The first-order valence-electron chi connectivity index (χ1n) is 26.9. The molecule has 83 heavy (non-hydrogen) atoms. The van der Waals surface area contributed by atoms with Crippen molar-refractivity contribution in [2.45, 2.75) is 112 Å². The highest BCUT2D eigenvalue weighted by atomic mass is 32.2. The fraction of sp³-hybridized carbons (Fsp3) is 0.451. The third-order valence-corrected chi connectivity index (χ3v) is 21.6. The van der Waals surface area contributed by atoms with Gasteiger partial charge in [0.1, 0.15) is 54.7 Å². The smallest absolute Gasteiger partial charge is 0.455 e. The van der Waals surface area contributed by atoms with E-state index in [9.17, 15) is 54.8 Å². The summed E-state index contributed by atoms with van der Waals surface area (Å²) in [5.74, 6) is 6.85. The van der Waals surface area contributed by atoms with E-state index in [1.165, 1.54) is 40.3 Å². The molecule has 0 bridgehead atoms. The minimum Gasteiger partial charge on any atom is -0.455 e. The maximum absolute atomic E-state index is 14.7. The van der Waals surface area contributed by atoms with Crippen molar-refractivity contribution in [3.8, 4) is 23.3 Å². The highest BCUT2D eigenvalue weighted by Crippen LogP contribution is 2.66. The van der Waals surface area contributed by atoms with E-state index in [0.717, 1.165) is 117 Å². The largest absolute Gasteiger partial charge is 0.490 e. The van der Waals surface area contributed by atoms with Crippen LogP contribution in [-0.2, 0) is 82.2 Å². The Kier molecular flexibility index (Phi) is 16.5. The topological polar surface area (TPSA) is 391 Å². The van der Waals surface area contributed by atoms with Gasteiger partial charge in [0.2, 0.25) is 21.3 Å². The number of hydrogen-bond donors (Lipinski definition) is 9. The zero-order chi connectivity index (χ0) is 58.8. The number of sulfonamides is 1. The summed E-state index contributed by atoms with van der Waals surface area (Å²) in [6, 6.07) is 7.98. The van der Waals surface area contributed by atoms with Crippen molar-refractivity contribution in [3.63, 3.8) is 0 Å². The number of ether oxygens (including phenoxy) is 2. The zero-order valence-corrected chi connectivity index (χ0v) is 48.7. The number of anilines is 2. The fourth-order valence-corrected chi connectivity index (χ4v) is 17.0. The monoisotopic (exact) mass is 1250 g/mol. The Labute approximate surface area is 475 Å². The van der Waals surface area contributed by atoms with Crippen LogP contribution in [-0.4, -0.2) is 125 Å². The molecule has 2 aromatic heterocycles. The number of aryl methyl sites for hydroxylation is 2. The van der Waals surface area contributed by atoms with Crippen LogP contribution in [0, 0.1) is 11.8 Å². The summed E-state index contributed by atoms with van der Waals surface area (Å²) in [5, 5.41) is 15.7. The van der Waals surface area contributed by atoms with E-state index >= 15 is 0 Å². The van der Waals surface area contributed by atoms with Crippen molar-refractivity contribution < 1.29 is 87.2 Å². The highest BCUT2D eigenvalue weighted by Gasteiger charge is 2.44. The van der Waals surface area contributed by atoms with E-state index in [1.807, 2.05) is 0 Å². The van der Waals surface area contributed by atoms with Crippen molar-refractivity contribution in [1.29, 1.82) is 0 Å². The Hall–Kier alpha value is -5.47. The second-order valence-electron chi connectivity index (χ2n) is 21.0. The van der Waals surface area contributed by atoms with Crippen molar-refractivity contribution in [3.05, 3.63) is 92.4 Å². The Balaban J connectivity index is 0.752. The van der Waals surface area contributed by atoms with Gasteiger partial charge in [0.25, 0.3) is 10.1 Å². The van der Waals surface area contributed by atoms with Gasteiger partial charge in [-0.05, 0) is 81.2 Å². The molecule has 1 saturated heterocycles. The van der Waals surface area contributed by atoms with Crippen LogP contribution < -0.4 is 40.6 Å². The first kappa shape index (κ1) is 59.3. The van der Waals surface area contributed by atoms with Gasteiger partial charge in [-0.2, -0.15) is 17.0 Å². The van der Waals surface area contributed by atoms with Crippen LogP contribution in [0.3, 0.4) is 0 Å². The summed E-state index contributed by atoms with van der Waals surface area (Å²) in [7, 11) is -26.2. The Morgan fingerprint density at radius 3 is 2.40 bits per heavy atom. The van der Waals surface area contributed by atoms with E-state index in [4.69, 9.17) is 25.0 Å². The molecule has 10 N–H and O–H groups in total. The summed E-state index contributed by atoms with van der Waals surface area (Å²) in [5.41, 5.74) is 14.1. The molecule has 6 aliphatic rings. The number of phosphoric ester groups is 1. The number of carbonyl (C=O) groups excluding carboxylic acids is 1. The molecule has 11 rings (SSSR count). The molecule has 0 saturated carbocycles. The molecule has 1 fully saturated rings. The van der Waals surface area contributed by atoms with Crippen molar-refractivity contribution in [2.24, 2.45) is 0 Å². The van der Waals surface area contributed by atoms with Gasteiger partial charge in [-0.25, -0.2) is 41.4 Å². The lowest BCUT2D eigenvalue weighted by Gasteiger charge is -2.39. The maximum atomic E-state index is 14.7. The molecular formula is C51H60N8O19P3S2+. The molecule has 5 atom stereocenters. The number of nitrogen functional groups attached to an aromatic ring is 1. The van der Waals surface area contributed by atoms with Crippen LogP contribution in [0.1, 0.15) is 103 Å². The summed E-state index contributed by atoms with van der Waals surface area (Å²) in [6.45, 7) is 2.70. The number of carbonyl (C=O) groups is 1.